The lowest BCUT2D eigenvalue weighted by Crippen LogP contribution is -2.03. The zero-order valence-electron chi connectivity index (χ0n) is 10.1. The Balaban J connectivity index is 2.11. The summed E-state index contributed by atoms with van der Waals surface area (Å²) in [6.07, 6.45) is 0. The van der Waals surface area contributed by atoms with Crippen molar-refractivity contribution in [1.29, 1.82) is 5.26 Å². The molecule has 0 N–H and O–H groups in total. The molecule has 18 heavy (non-hydrogen) atoms. The van der Waals surface area contributed by atoms with Gasteiger partial charge in [0.15, 0.2) is 0 Å². The quantitative estimate of drug-likeness (QED) is 0.854. The third-order valence-electron chi connectivity index (χ3n) is 2.54. The molecule has 1 heterocycles. The number of nitrogens with zero attached hydrogens (tertiary/aromatic N) is 3. The van der Waals surface area contributed by atoms with Gasteiger partial charge in [-0.15, -0.1) is 0 Å². The van der Waals surface area contributed by atoms with Crippen molar-refractivity contribution >= 4 is 11.6 Å². The number of nitriles is 1. The molecule has 0 amide bonds. The summed E-state index contributed by atoms with van der Waals surface area (Å²) in [5.41, 5.74) is 2.43. The van der Waals surface area contributed by atoms with Gasteiger partial charge in [0.25, 0.3) is 0 Å². The highest BCUT2D eigenvalue weighted by atomic mass is 35.5. The number of aromatic nitrogens is 2. The molecule has 92 valence electrons. The summed E-state index contributed by atoms with van der Waals surface area (Å²) in [7, 11) is 1.87. The fourth-order valence-electron chi connectivity index (χ4n) is 1.64. The summed E-state index contributed by atoms with van der Waals surface area (Å²) in [6, 6.07) is 8.95. The van der Waals surface area contributed by atoms with E-state index in [0.29, 0.717) is 22.9 Å². The van der Waals surface area contributed by atoms with E-state index in [1.807, 2.05) is 26.1 Å². The Bertz CT molecular complexity index is 613. The Hall–Kier alpha value is -1.99. The van der Waals surface area contributed by atoms with Crippen molar-refractivity contribution in [2.75, 3.05) is 0 Å². The Morgan fingerprint density at radius 1 is 1.44 bits per heavy atom. The molecule has 0 bridgehead atoms. The van der Waals surface area contributed by atoms with Crippen LogP contribution in [0.4, 0.5) is 0 Å². The van der Waals surface area contributed by atoms with Gasteiger partial charge in [0.1, 0.15) is 12.4 Å². The van der Waals surface area contributed by atoms with Gasteiger partial charge in [-0.2, -0.15) is 10.4 Å². The fourth-order valence-corrected chi connectivity index (χ4v) is 1.87. The van der Waals surface area contributed by atoms with Crippen LogP contribution in [0.25, 0.3) is 0 Å². The van der Waals surface area contributed by atoms with Crippen LogP contribution in [-0.2, 0) is 13.7 Å². The van der Waals surface area contributed by atoms with Crippen LogP contribution >= 0.6 is 11.6 Å². The van der Waals surface area contributed by atoms with Crippen molar-refractivity contribution in [3.05, 3.63) is 46.2 Å². The van der Waals surface area contributed by atoms with Crippen molar-refractivity contribution in [3.8, 4) is 11.8 Å². The minimum absolute atomic E-state index is 0.392. The van der Waals surface area contributed by atoms with Gasteiger partial charge >= 0.3 is 0 Å². The predicted octanol–water partition coefficient (Wildman–Crippen LogP) is 2.83. The molecule has 2 rings (SSSR count). The van der Waals surface area contributed by atoms with Gasteiger partial charge in [-0.05, 0) is 31.2 Å². The van der Waals surface area contributed by atoms with Crippen LogP contribution in [0.3, 0.4) is 0 Å². The van der Waals surface area contributed by atoms with Crippen LogP contribution in [0, 0.1) is 18.3 Å². The van der Waals surface area contributed by atoms with Gasteiger partial charge in [0, 0.05) is 7.05 Å². The van der Waals surface area contributed by atoms with Crippen LogP contribution in [-0.4, -0.2) is 9.78 Å². The Morgan fingerprint density at radius 2 is 2.22 bits per heavy atom. The first-order valence-electron chi connectivity index (χ1n) is 5.42. The molecule has 0 aliphatic carbocycles. The molecule has 1 aromatic heterocycles. The SMILES string of the molecule is Cc1cc(COc2ccc(C#N)cc2Cl)n(C)n1. The smallest absolute Gasteiger partial charge is 0.138 e. The summed E-state index contributed by atoms with van der Waals surface area (Å²) in [6.45, 7) is 2.32. The van der Waals surface area contributed by atoms with Crippen molar-refractivity contribution in [1.82, 2.24) is 9.78 Å². The van der Waals surface area contributed by atoms with E-state index >= 15 is 0 Å². The molecule has 0 radical (unpaired) electrons. The molecule has 0 aliphatic rings. The molecule has 0 unspecified atom stereocenters. The van der Waals surface area contributed by atoms with E-state index in [2.05, 4.69) is 5.10 Å². The van der Waals surface area contributed by atoms with Crippen LogP contribution < -0.4 is 4.74 Å². The second-order valence-corrected chi connectivity index (χ2v) is 4.35. The lowest BCUT2D eigenvalue weighted by Gasteiger charge is -2.08. The minimum Gasteiger partial charge on any atom is -0.486 e. The monoisotopic (exact) mass is 261 g/mol. The predicted molar refractivity (Wildman–Crippen MR) is 68.4 cm³/mol. The van der Waals surface area contributed by atoms with Crippen LogP contribution in [0.15, 0.2) is 24.3 Å². The zero-order valence-corrected chi connectivity index (χ0v) is 10.9. The highest BCUT2D eigenvalue weighted by molar-refractivity contribution is 6.32. The van der Waals surface area contributed by atoms with Gasteiger partial charge in [0.05, 0.1) is 28.0 Å². The lowest BCUT2D eigenvalue weighted by atomic mass is 10.2. The van der Waals surface area contributed by atoms with Gasteiger partial charge in [-0.3, -0.25) is 4.68 Å². The fraction of sp³-hybridized carbons (Fsp3) is 0.231. The molecule has 2 aromatic rings. The molecule has 0 saturated carbocycles. The minimum atomic E-state index is 0.392. The van der Waals surface area contributed by atoms with Crippen molar-refractivity contribution < 1.29 is 4.74 Å². The molecular weight excluding hydrogens is 250 g/mol. The molecule has 4 nitrogen and oxygen atoms in total. The summed E-state index contributed by atoms with van der Waals surface area (Å²) in [5, 5.41) is 13.4. The summed E-state index contributed by atoms with van der Waals surface area (Å²) in [5.74, 6) is 0.564. The van der Waals surface area contributed by atoms with Crippen molar-refractivity contribution in [2.24, 2.45) is 7.05 Å². The van der Waals surface area contributed by atoms with Crippen LogP contribution in [0.2, 0.25) is 5.02 Å². The van der Waals surface area contributed by atoms with Crippen molar-refractivity contribution in [3.63, 3.8) is 0 Å². The highest BCUT2D eigenvalue weighted by Crippen LogP contribution is 2.26. The van der Waals surface area contributed by atoms with E-state index < -0.39 is 0 Å². The van der Waals surface area contributed by atoms with E-state index in [4.69, 9.17) is 21.6 Å². The molecule has 0 saturated heterocycles. The zero-order chi connectivity index (χ0) is 13.1. The van der Waals surface area contributed by atoms with Crippen LogP contribution in [0.1, 0.15) is 17.0 Å². The molecule has 0 atom stereocenters. The largest absolute Gasteiger partial charge is 0.486 e. The highest BCUT2D eigenvalue weighted by Gasteiger charge is 2.06. The number of rotatable bonds is 3. The van der Waals surface area contributed by atoms with Gasteiger partial charge in [0.2, 0.25) is 0 Å². The van der Waals surface area contributed by atoms with E-state index in [-0.39, 0.29) is 0 Å². The maximum Gasteiger partial charge on any atom is 0.138 e. The average molecular weight is 262 g/mol. The second-order valence-electron chi connectivity index (χ2n) is 3.95. The van der Waals surface area contributed by atoms with E-state index in [9.17, 15) is 0 Å². The van der Waals surface area contributed by atoms with E-state index in [0.717, 1.165) is 11.4 Å². The normalized spacial score (nSPS) is 10.1. The van der Waals surface area contributed by atoms with E-state index in [1.54, 1.807) is 22.9 Å². The number of hydrogen-bond acceptors (Lipinski definition) is 3. The lowest BCUT2D eigenvalue weighted by molar-refractivity contribution is 0.295. The number of ether oxygens (including phenoxy) is 1. The first-order chi connectivity index (χ1) is 8.60. The van der Waals surface area contributed by atoms with Gasteiger partial charge in [-0.1, -0.05) is 11.6 Å². The number of benzene rings is 1. The number of hydrogen-bond donors (Lipinski definition) is 0. The van der Waals surface area contributed by atoms with Gasteiger partial charge < -0.3 is 4.74 Å². The third kappa shape index (κ3) is 2.63. The average Bonchev–Trinajstić information content (AvgIpc) is 2.66. The molecule has 5 heteroatoms. The maximum atomic E-state index is 8.74. The maximum absolute atomic E-state index is 8.74. The van der Waals surface area contributed by atoms with Crippen LogP contribution in [0.5, 0.6) is 5.75 Å². The first-order valence-corrected chi connectivity index (χ1v) is 5.80. The number of aryl methyl sites for hydroxylation is 2. The Labute approximate surface area is 110 Å². The standard InChI is InChI=1S/C13H12ClN3O/c1-9-5-11(17(2)16-9)8-18-13-4-3-10(7-15)6-12(13)14/h3-6H,8H2,1-2H3. The summed E-state index contributed by atoms with van der Waals surface area (Å²) < 4.78 is 7.39. The topological polar surface area (TPSA) is 50.8 Å². The molecule has 0 fully saturated rings. The summed E-state index contributed by atoms with van der Waals surface area (Å²) >= 11 is 6.02. The molecule has 0 spiro atoms. The molecule has 1 aromatic carbocycles. The second kappa shape index (κ2) is 5.11. The summed E-state index contributed by atoms with van der Waals surface area (Å²) in [4.78, 5) is 0. The van der Waals surface area contributed by atoms with E-state index in [1.165, 1.54) is 0 Å². The number of halogens is 1. The van der Waals surface area contributed by atoms with Crippen molar-refractivity contribution in [2.45, 2.75) is 13.5 Å². The Morgan fingerprint density at radius 3 is 2.78 bits per heavy atom. The first kappa shape index (κ1) is 12.5. The molecule has 0 aliphatic heterocycles. The third-order valence-corrected chi connectivity index (χ3v) is 2.83. The Kier molecular flexibility index (Phi) is 3.54. The van der Waals surface area contributed by atoms with Gasteiger partial charge in [-0.25, -0.2) is 0 Å². The molecular formula is C13H12ClN3O.